The van der Waals surface area contributed by atoms with Gasteiger partial charge in [0, 0.05) is 6.07 Å². The molecule has 1 atom stereocenters. The Morgan fingerprint density at radius 1 is 1.27 bits per heavy atom. The molecule has 0 saturated carbocycles. The van der Waals surface area contributed by atoms with Gasteiger partial charge in [-0.15, -0.1) is 0 Å². The third-order valence-electron chi connectivity index (χ3n) is 3.50. The molecule has 1 amide bonds. The summed E-state index contributed by atoms with van der Waals surface area (Å²) in [5.74, 6) is 1.66. The van der Waals surface area contributed by atoms with Crippen LogP contribution in [-0.2, 0) is 0 Å². The lowest BCUT2D eigenvalue weighted by Crippen LogP contribution is -2.35. The predicted molar refractivity (Wildman–Crippen MR) is 94.5 cm³/mol. The van der Waals surface area contributed by atoms with Crippen LogP contribution in [0.15, 0.2) is 40.9 Å². The van der Waals surface area contributed by atoms with E-state index < -0.39 is 6.09 Å². The van der Waals surface area contributed by atoms with Crippen LogP contribution in [0, 0.1) is 0 Å². The van der Waals surface area contributed by atoms with E-state index in [-0.39, 0.29) is 12.6 Å². The lowest BCUT2D eigenvalue weighted by atomic mass is 10.3. The maximum atomic E-state index is 10.5. The number of nitrogens with zero attached hydrogens (tertiary/aromatic N) is 2. The van der Waals surface area contributed by atoms with Crippen LogP contribution >= 0.6 is 0 Å². The van der Waals surface area contributed by atoms with Crippen molar-refractivity contribution in [3.8, 4) is 23.1 Å². The molecule has 8 heteroatoms. The van der Waals surface area contributed by atoms with Crippen LogP contribution in [0.3, 0.4) is 0 Å². The molecule has 0 unspecified atom stereocenters. The zero-order valence-corrected chi connectivity index (χ0v) is 14.4. The topological polar surface area (TPSA) is 107 Å². The van der Waals surface area contributed by atoms with Crippen LogP contribution in [0.2, 0.25) is 0 Å². The molecule has 2 heterocycles. The standard InChI is InChI=1S/C18H19N3O5/c1-3-24-12-4-6-14-16(8-12)26-17(21-14)15-7-5-13(9-19-15)25-10-11(2)20-18(22)23/h4-9,11,20H,3,10H2,1-2H3,(H,22,23)/t11-/m0/s1. The number of pyridine rings is 1. The molecule has 3 aromatic rings. The first-order valence-electron chi connectivity index (χ1n) is 8.17. The summed E-state index contributed by atoms with van der Waals surface area (Å²) in [4.78, 5) is 19.3. The molecule has 0 aliphatic rings. The SMILES string of the molecule is CCOc1ccc2nc(-c3ccc(OC[C@H](C)NC(=O)O)cn3)oc2c1. The van der Waals surface area contributed by atoms with Gasteiger partial charge in [0.1, 0.15) is 29.3 Å². The van der Waals surface area contributed by atoms with Gasteiger partial charge in [-0.1, -0.05) is 0 Å². The Morgan fingerprint density at radius 3 is 2.77 bits per heavy atom. The fraction of sp³-hybridized carbons (Fsp3) is 0.278. The molecule has 3 rings (SSSR count). The summed E-state index contributed by atoms with van der Waals surface area (Å²) in [6.07, 6.45) is 0.460. The van der Waals surface area contributed by atoms with Crippen molar-refractivity contribution in [2.24, 2.45) is 0 Å². The van der Waals surface area contributed by atoms with Gasteiger partial charge in [0.05, 0.1) is 18.8 Å². The predicted octanol–water partition coefficient (Wildman–Crippen LogP) is 3.32. The molecule has 8 nitrogen and oxygen atoms in total. The molecular formula is C18H19N3O5. The van der Waals surface area contributed by atoms with E-state index in [2.05, 4.69) is 15.3 Å². The maximum absolute atomic E-state index is 10.5. The summed E-state index contributed by atoms with van der Waals surface area (Å²) in [5.41, 5.74) is 1.92. The number of amides is 1. The highest BCUT2D eigenvalue weighted by Crippen LogP contribution is 2.26. The highest BCUT2D eigenvalue weighted by molar-refractivity contribution is 5.77. The molecule has 0 bridgehead atoms. The van der Waals surface area contributed by atoms with Crippen molar-refractivity contribution in [1.82, 2.24) is 15.3 Å². The highest BCUT2D eigenvalue weighted by Gasteiger charge is 2.11. The average Bonchev–Trinajstić information content (AvgIpc) is 3.03. The zero-order valence-electron chi connectivity index (χ0n) is 14.4. The minimum absolute atomic E-state index is 0.205. The Hall–Kier alpha value is -3.29. The molecule has 26 heavy (non-hydrogen) atoms. The minimum Gasteiger partial charge on any atom is -0.494 e. The van der Waals surface area contributed by atoms with Gasteiger partial charge in [-0.05, 0) is 38.1 Å². The van der Waals surface area contributed by atoms with E-state index >= 15 is 0 Å². The zero-order chi connectivity index (χ0) is 18.5. The summed E-state index contributed by atoms with van der Waals surface area (Å²) in [6.45, 7) is 4.42. The van der Waals surface area contributed by atoms with Crippen LogP contribution in [-0.4, -0.2) is 40.4 Å². The van der Waals surface area contributed by atoms with E-state index in [0.717, 1.165) is 11.3 Å². The maximum Gasteiger partial charge on any atom is 0.404 e. The average molecular weight is 357 g/mol. The monoisotopic (exact) mass is 357 g/mol. The van der Waals surface area contributed by atoms with Crippen molar-refractivity contribution in [1.29, 1.82) is 0 Å². The molecule has 0 spiro atoms. The number of carboxylic acid groups (broad SMARTS) is 1. The molecule has 0 aliphatic heterocycles. The number of carbonyl (C=O) groups is 1. The smallest absolute Gasteiger partial charge is 0.404 e. The number of benzene rings is 1. The van der Waals surface area contributed by atoms with Crippen LogP contribution in [0.25, 0.3) is 22.7 Å². The molecule has 1 aromatic carbocycles. The van der Waals surface area contributed by atoms with Crippen molar-refractivity contribution in [3.63, 3.8) is 0 Å². The normalized spacial score (nSPS) is 11.9. The largest absolute Gasteiger partial charge is 0.494 e. The molecular weight excluding hydrogens is 338 g/mol. The van der Waals surface area contributed by atoms with Gasteiger partial charge < -0.3 is 24.3 Å². The van der Waals surface area contributed by atoms with Gasteiger partial charge in [-0.3, -0.25) is 0 Å². The molecule has 0 fully saturated rings. The number of hydrogen-bond donors (Lipinski definition) is 2. The lowest BCUT2D eigenvalue weighted by Gasteiger charge is -2.12. The van der Waals surface area contributed by atoms with Crippen LogP contribution < -0.4 is 14.8 Å². The first-order chi connectivity index (χ1) is 12.5. The fourth-order valence-electron chi connectivity index (χ4n) is 2.34. The summed E-state index contributed by atoms with van der Waals surface area (Å²) >= 11 is 0. The summed E-state index contributed by atoms with van der Waals surface area (Å²) in [6, 6.07) is 8.61. The Balaban J connectivity index is 1.70. The molecule has 2 aromatic heterocycles. The van der Waals surface area contributed by atoms with Gasteiger partial charge in [0.25, 0.3) is 0 Å². The summed E-state index contributed by atoms with van der Waals surface area (Å²) < 4.78 is 16.7. The van der Waals surface area contributed by atoms with Crippen LogP contribution in [0.1, 0.15) is 13.8 Å². The van der Waals surface area contributed by atoms with Crippen LogP contribution in [0.5, 0.6) is 11.5 Å². The Labute approximate surface area is 149 Å². The van der Waals surface area contributed by atoms with E-state index in [0.29, 0.717) is 29.5 Å². The number of rotatable bonds is 7. The van der Waals surface area contributed by atoms with Gasteiger partial charge in [0.15, 0.2) is 5.58 Å². The Morgan fingerprint density at radius 2 is 2.08 bits per heavy atom. The van der Waals surface area contributed by atoms with E-state index in [9.17, 15) is 4.79 Å². The van der Waals surface area contributed by atoms with Crippen molar-refractivity contribution in [2.45, 2.75) is 19.9 Å². The van der Waals surface area contributed by atoms with Crippen molar-refractivity contribution in [2.75, 3.05) is 13.2 Å². The number of hydrogen-bond acceptors (Lipinski definition) is 6. The number of ether oxygens (including phenoxy) is 2. The van der Waals surface area contributed by atoms with Gasteiger partial charge in [0.2, 0.25) is 5.89 Å². The third kappa shape index (κ3) is 4.21. The Bertz CT molecular complexity index is 891. The molecule has 0 radical (unpaired) electrons. The second-order valence-corrected chi connectivity index (χ2v) is 5.62. The lowest BCUT2D eigenvalue weighted by molar-refractivity contribution is 0.183. The first-order valence-corrected chi connectivity index (χ1v) is 8.17. The van der Waals surface area contributed by atoms with E-state index in [1.807, 2.05) is 19.1 Å². The van der Waals surface area contributed by atoms with E-state index in [1.54, 1.807) is 31.3 Å². The number of oxazole rings is 1. The number of nitrogens with one attached hydrogen (secondary N) is 1. The van der Waals surface area contributed by atoms with E-state index in [4.69, 9.17) is 19.0 Å². The second-order valence-electron chi connectivity index (χ2n) is 5.62. The van der Waals surface area contributed by atoms with E-state index in [1.165, 1.54) is 0 Å². The van der Waals surface area contributed by atoms with Crippen molar-refractivity contribution in [3.05, 3.63) is 36.5 Å². The fourth-order valence-corrected chi connectivity index (χ4v) is 2.34. The van der Waals surface area contributed by atoms with Crippen LogP contribution in [0.4, 0.5) is 4.79 Å². The van der Waals surface area contributed by atoms with Crippen molar-refractivity contribution < 1.29 is 23.8 Å². The molecule has 136 valence electrons. The highest BCUT2D eigenvalue weighted by atomic mass is 16.5. The van der Waals surface area contributed by atoms with Gasteiger partial charge >= 0.3 is 6.09 Å². The molecule has 2 N–H and O–H groups in total. The second kappa shape index (κ2) is 7.73. The minimum atomic E-state index is -1.09. The van der Waals surface area contributed by atoms with Gasteiger partial charge in [-0.25, -0.2) is 14.8 Å². The number of aromatic nitrogens is 2. The molecule has 0 aliphatic carbocycles. The Kier molecular flexibility index (Phi) is 5.21. The van der Waals surface area contributed by atoms with Crippen molar-refractivity contribution >= 4 is 17.2 Å². The quantitative estimate of drug-likeness (QED) is 0.668. The summed E-state index contributed by atoms with van der Waals surface area (Å²) in [5, 5.41) is 11.0. The third-order valence-corrected chi connectivity index (χ3v) is 3.50. The number of fused-ring (bicyclic) bond motifs is 1. The summed E-state index contributed by atoms with van der Waals surface area (Å²) in [7, 11) is 0. The molecule has 0 saturated heterocycles. The van der Waals surface area contributed by atoms with Gasteiger partial charge in [-0.2, -0.15) is 0 Å². The first kappa shape index (κ1) is 17.5.